The zero-order chi connectivity index (χ0) is 15.0. The molecule has 0 fully saturated rings. The van der Waals surface area contributed by atoms with Crippen molar-refractivity contribution < 1.29 is 9.59 Å². The lowest BCUT2D eigenvalue weighted by atomic mass is 10.1. The third kappa shape index (κ3) is 2.57. The molecule has 1 aromatic heterocycles. The number of halogens is 1. The molecular formula is C13H10BrN5O2. The fourth-order valence-corrected chi connectivity index (χ4v) is 2.30. The predicted octanol–water partition coefficient (Wildman–Crippen LogP) is 1.57. The Labute approximate surface area is 127 Å². The maximum Gasteiger partial charge on any atom is 0.289 e. The Bertz CT molecular complexity index is 781. The summed E-state index contributed by atoms with van der Waals surface area (Å²) in [5.41, 5.74) is 4.78. The Kier molecular flexibility index (Phi) is 3.30. The summed E-state index contributed by atoms with van der Waals surface area (Å²) in [5.74, 6) is -0.816. The average molecular weight is 348 g/mol. The molecule has 0 atom stereocenters. The van der Waals surface area contributed by atoms with Crippen LogP contribution in [-0.2, 0) is 4.79 Å². The highest BCUT2D eigenvalue weighted by molar-refractivity contribution is 9.10. The topological polar surface area (TPSA) is 99.2 Å². The Balaban J connectivity index is 1.86. The van der Waals surface area contributed by atoms with Gasteiger partial charge in [-0.2, -0.15) is 10.2 Å². The number of rotatable bonds is 2. The molecule has 1 aromatic carbocycles. The van der Waals surface area contributed by atoms with Crippen LogP contribution in [0.4, 0.5) is 5.69 Å². The number of carbonyl (C=O) groups is 2. The molecule has 0 aliphatic carbocycles. The van der Waals surface area contributed by atoms with E-state index in [9.17, 15) is 9.59 Å². The number of H-pyrrole nitrogens is 1. The number of nitrogens with one attached hydrogen (secondary N) is 3. The van der Waals surface area contributed by atoms with Crippen LogP contribution in [0.3, 0.4) is 0 Å². The molecule has 8 heteroatoms. The number of aromatic nitrogens is 2. The number of aryl methyl sites for hydroxylation is 1. The Morgan fingerprint density at radius 1 is 1.38 bits per heavy atom. The van der Waals surface area contributed by atoms with E-state index >= 15 is 0 Å². The monoisotopic (exact) mass is 347 g/mol. The van der Waals surface area contributed by atoms with Crippen molar-refractivity contribution in [1.29, 1.82) is 0 Å². The van der Waals surface area contributed by atoms with E-state index in [0.717, 1.165) is 4.47 Å². The van der Waals surface area contributed by atoms with Crippen LogP contribution in [0.15, 0.2) is 33.8 Å². The van der Waals surface area contributed by atoms with Crippen LogP contribution in [0, 0.1) is 6.92 Å². The highest BCUT2D eigenvalue weighted by Gasteiger charge is 2.26. The molecule has 2 heterocycles. The molecule has 2 amide bonds. The molecule has 0 radical (unpaired) electrons. The third-order valence-electron chi connectivity index (χ3n) is 2.92. The van der Waals surface area contributed by atoms with Crippen molar-refractivity contribution in [2.45, 2.75) is 6.92 Å². The van der Waals surface area contributed by atoms with E-state index in [-0.39, 0.29) is 17.3 Å². The van der Waals surface area contributed by atoms with Gasteiger partial charge in [-0.05, 0) is 31.2 Å². The van der Waals surface area contributed by atoms with Crippen molar-refractivity contribution in [1.82, 2.24) is 15.6 Å². The van der Waals surface area contributed by atoms with Gasteiger partial charge in [0.1, 0.15) is 5.69 Å². The molecule has 1 aliphatic rings. The van der Waals surface area contributed by atoms with Crippen molar-refractivity contribution in [3.63, 3.8) is 0 Å². The van der Waals surface area contributed by atoms with Crippen molar-refractivity contribution in [2.75, 3.05) is 5.32 Å². The fourth-order valence-electron chi connectivity index (χ4n) is 1.94. The number of fused-ring (bicyclic) bond motifs is 1. The normalized spacial score (nSPS) is 15.0. The summed E-state index contributed by atoms with van der Waals surface area (Å²) in [6, 6.07) is 6.93. The van der Waals surface area contributed by atoms with Gasteiger partial charge in [0.15, 0.2) is 5.71 Å². The van der Waals surface area contributed by atoms with Crippen LogP contribution < -0.4 is 10.7 Å². The molecule has 0 unspecified atom stereocenters. The first kappa shape index (κ1) is 13.5. The largest absolute Gasteiger partial charge is 0.320 e. The van der Waals surface area contributed by atoms with E-state index in [1.54, 1.807) is 25.1 Å². The van der Waals surface area contributed by atoms with Crippen molar-refractivity contribution in [3.05, 3.63) is 45.7 Å². The first-order valence-corrected chi connectivity index (χ1v) is 6.85. The number of carbonyl (C=O) groups excluding carboxylic acids is 2. The minimum atomic E-state index is -0.459. The van der Waals surface area contributed by atoms with Gasteiger partial charge in [-0.3, -0.25) is 14.7 Å². The second kappa shape index (κ2) is 5.13. The second-order valence-electron chi connectivity index (χ2n) is 4.47. The molecule has 0 bridgehead atoms. The lowest BCUT2D eigenvalue weighted by molar-refractivity contribution is -0.110. The van der Waals surface area contributed by atoms with Crippen LogP contribution in [0.1, 0.15) is 21.7 Å². The maximum atomic E-state index is 11.9. The van der Waals surface area contributed by atoms with Gasteiger partial charge in [0.2, 0.25) is 0 Å². The zero-order valence-corrected chi connectivity index (χ0v) is 12.5. The highest BCUT2D eigenvalue weighted by atomic mass is 79.9. The van der Waals surface area contributed by atoms with Gasteiger partial charge in [-0.1, -0.05) is 15.9 Å². The van der Waals surface area contributed by atoms with Gasteiger partial charge in [0.05, 0.1) is 11.4 Å². The molecule has 0 saturated heterocycles. The van der Waals surface area contributed by atoms with Crippen molar-refractivity contribution in [3.8, 4) is 0 Å². The first-order valence-electron chi connectivity index (χ1n) is 6.06. The van der Waals surface area contributed by atoms with Crippen LogP contribution in [0.5, 0.6) is 0 Å². The van der Waals surface area contributed by atoms with E-state index in [1.807, 2.05) is 6.07 Å². The number of nitrogens with zero attached hydrogens (tertiary/aromatic N) is 2. The predicted molar refractivity (Wildman–Crippen MR) is 80.1 cm³/mol. The molecule has 1 aliphatic heterocycles. The number of benzene rings is 1. The number of amides is 2. The summed E-state index contributed by atoms with van der Waals surface area (Å²) in [5, 5.41) is 13.0. The average Bonchev–Trinajstić information content (AvgIpc) is 3.00. The van der Waals surface area contributed by atoms with Crippen LogP contribution >= 0.6 is 15.9 Å². The van der Waals surface area contributed by atoms with E-state index in [2.05, 4.69) is 42.0 Å². The number of hydrogen-bond donors (Lipinski definition) is 3. The quantitative estimate of drug-likeness (QED) is 0.719. The van der Waals surface area contributed by atoms with E-state index < -0.39 is 5.91 Å². The Morgan fingerprint density at radius 3 is 2.90 bits per heavy atom. The minimum absolute atomic E-state index is 0.163. The summed E-state index contributed by atoms with van der Waals surface area (Å²) in [7, 11) is 0. The summed E-state index contributed by atoms with van der Waals surface area (Å²) in [6.45, 7) is 1.76. The maximum absolute atomic E-state index is 11.9. The summed E-state index contributed by atoms with van der Waals surface area (Å²) in [4.78, 5) is 23.7. The molecule has 3 N–H and O–H groups in total. The van der Waals surface area contributed by atoms with Crippen LogP contribution in [0.25, 0.3) is 0 Å². The van der Waals surface area contributed by atoms with Gasteiger partial charge < -0.3 is 5.32 Å². The number of anilines is 1. The fraction of sp³-hybridized carbons (Fsp3) is 0.0769. The summed E-state index contributed by atoms with van der Waals surface area (Å²) >= 11 is 3.34. The van der Waals surface area contributed by atoms with Gasteiger partial charge >= 0.3 is 0 Å². The van der Waals surface area contributed by atoms with Crippen LogP contribution in [-0.4, -0.2) is 27.7 Å². The minimum Gasteiger partial charge on any atom is -0.320 e. The number of aromatic amines is 1. The molecular weight excluding hydrogens is 338 g/mol. The number of hydrazone groups is 1. The Hall–Kier alpha value is -2.48. The summed E-state index contributed by atoms with van der Waals surface area (Å²) in [6.07, 6.45) is 0. The van der Waals surface area contributed by atoms with E-state index in [1.165, 1.54) is 0 Å². The van der Waals surface area contributed by atoms with Crippen molar-refractivity contribution >= 4 is 39.1 Å². The van der Waals surface area contributed by atoms with E-state index in [4.69, 9.17) is 0 Å². The third-order valence-corrected chi connectivity index (χ3v) is 3.41. The molecule has 0 saturated carbocycles. The van der Waals surface area contributed by atoms with Crippen molar-refractivity contribution in [2.24, 2.45) is 5.10 Å². The Morgan fingerprint density at radius 2 is 2.19 bits per heavy atom. The smallest absolute Gasteiger partial charge is 0.289 e. The summed E-state index contributed by atoms with van der Waals surface area (Å²) < 4.78 is 0.820. The van der Waals surface area contributed by atoms with Gasteiger partial charge in [-0.25, -0.2) is 5.43 Å². The van der Waals surface area contributed by atoms with Gasteiger partial charge in [0, 0.05) is 10.0 Å². The standard InChI is InChI=1S/C13H10BrN5O2/c1-6-4-10(17-16-6)12(20)19-18-11-8-5-7(14)2-3-9(8)15-13(11)21/h2-5H,1H3,(H,16,17)(H,19,20)(H,15,18,21). The molecule has 2 aromatic rings. The molecule has 106 valence electrons. The lowest BCUT2D eigenvalue weighted by Gasteiger charge is -1.99. The molecule has 7 nitrogen and oxygen atoms in total. The van der Waals surface area contributed by atoms with Crippen LogP contribution in [0.2, 0.25) is 0 Å². The molecule has 21 heavy (non-hydrogen) atoms. The first-order chi connectivity index (χ1) is 10.0. The van der Waals surface area contributed by atoms with Gasteiger partial charge in [-0.15, -0.1) is 0 Å². The molecule has 3 rings (SSSR count). The number of hydrogen-bond acceptors (Lipinski definition) is 4. The highest BCUT2D eigenvalue weighted by Crippen LogP contribution is 2.26. The second-order valence-corrected chi connectivity index (χ2v) is 5.38. The zero-order valence-electron chi connectivity index (χ0n) is 10.9. The SMILES string of the molecule is Cc1cc(C(=O)N/N=C2/C(=O)Nc3ccc(Br)cc32)[nH]n1. The molecule has 0 spiro atoms. The van der Waals surface area contributed by atoms with E-state index in [0.29, 0.717) is 16.9 Å². The lowest BCUT2D eigenvalue weighted by Crippen LogP contribution is -2.23. The van der Waals surface area contributed by atoms with Gasteiger partial charge in [0.25, 0.3) is 11.8 Å².